The van der Waals surface area contributed by atoms with Gasteiger partial charge < -0.3 is 5.32 Å². The minimum atomic E-state index is -1.32. The van der Waals surface area contributed by atoms with Crippen LogP contribution in [0.3, 0.4) is 0 Å². The highest BCUT2D eigenvalue weighted by Crippen LogP contribution is 2.37. The zero-order chi connectivity index (χ0) is 14.2. The second-order valence-electron chi connectivity index (χ2n) is 4.41. The van der Waals surface area contributed by atoms with Crippen LogP contribution < -0.4 is 5.32 Å². The molecule has 5 nitrogen and oxygen atoms in total. The molecule has 1 aromatic rings. The average Bonchev–Trinajstić information content (AvgIpc) is 3.11. The highest BCUT2D eigenvalue weighted by Gasteiger charge is 2.43. The number of rotatable bonds is 4. The summed E-state index contributed by atoms with van der Waals surface area (Å²) in [5, 5.41) is 13.6. The van der Waals surface area contributed by atoms with Crippen LogP contribution in [0.1, 0.15) is 23.2 Å². The monoisotopic (exact) mass is 334 g/mol. The van der Waals surface area contributed by atoms with E-state index in [1.165, 1.54) is 0 Å². The third kappa shape index (κ3) is 2.73. The van der Waals surface area contributed by atoms with E-state index in [1.807, 2.05) is 0 Å². The maximum atomic E-state index is 13.8. The fraction of sp³-hybridized carbons (Fsp3) is 0.364. The van der Waals surface area contributed by atoms with Crippen molar-refractivity contribution in [1.82, 2.24) is 5.32 Å². The lowest BCUT2D eigenvalue weighted by molar-refractivity contribution is -0.387. The van der Waals surface area contributed by atoms with Gasteiger partial charge in [-0.1, -0.05) is 15.9 Å². The Balaban J connectivity index is 2.34. The fourth-order valence-electron chi connectivity index (χ4n) is 1.62. The molecule has 1 amide bonds. The van der Waals surface area contributed by atoms with E-state index in [4.69, 9.17) is 0 Å². The van der Waals surface area contributed by atoms with Crippen molar-refractivity contribution in [1.29, 1.82) is 0 Å². The van der Waals surface area contributed by atoms with Crippen molar-refractivity contribution < 1.29 is 18.5 Å². The zero-order valence-electron chi connectivity index (χ0n) is 9.58. The standard InChI is InChI=1S/C11H9BrF2N2O3/c12-5-11(1-2-11)15-10(17)7-3-6(13)4-8(9(7)14)16(18)19/h3-4H,1-2,5H2,(H,15,17). The second-order valence-corrected chi connectivity index (χ2v) is 4.97. The van der Waals surface area contributed by atoms with Crippen LogP contribution in [0.5, 0.6) is 0 Å². The normalized spacial score (nSPS) is 15.9. The van der Waals surface area contributed by atoms with Crippen LogP contribution in [0.25, 0.3) is 0 Å². The van der Waals surface area contributed by atoms with Crippen LogP contribution in [-0.4, -0.2) is 21.7 Å². The van der Waals surface area contributed by atoms with Crippen LogP contribution in [0.15, 0.2) is 12.1 Å². The van der Waals surface area contributed by atoms with Crippen molar-refractivity contribution in [3.05, 3.63) is 39.4 Å². The molecule has 1 fully saturated rings. The van der Waals surface area contributed by atoms with Gasteiger partial charge >= 0.3 is 5.69 Å². The molecule has 102 valence electrons. The number of halogens is 3. The number of hydrogen-bond acceptors (Lipinski definition) is 3. The van der Waals surface area contributed by atoms with Crippen molar-refractivity contribution >= 4 is 27.5 Å². The molecular weight excluding hydrogens is 326 g/mol. The van der Waals surface area contributed by atoms with Crippen molar-refractivity contribution in [2.24, 2.45) is 0 Å². The fourth-order valence-corrected chi connectivity index (χ4v) is 2.32. The van der Waals surface area contributed by atoms with Crippen LogP contribution in [0.4, 0.5) is 14.5 Å². The number of benzene rings is 1. The number of nitro groups is 1. The van der Waals surface area contributed by atoms with E-state index in [9.17, 15) is 23.7 Å². The van der Waals surface area contributed by atoms with Crippen LogP contribution in [0.2, 0.25) is 0 Å². The third-order valence-electron chi connectivity index (χ3n) is 2.95. The predicted octanol–water partition coefficient (Wildman–Crippen LogP) is 2.53. The van der Waals surface area contributed by atoms with Crippen molar-refractivity contribution in [3.63, 3.8) is 0 Å². The molecular formula is C11H9BrF2N2O3. The number of alkyl halides is 1. The van der Waals surface area contributed by atoms with E-state index in [1.54, 1.807) is 0 Å². The summed E-state index contributed by atoms with van der Waals surface area (Å²) in [6.07, 6.45) is 1.45. The van der Waals surface area contributed by atoms with Gasteiger partial charge in [0.25, 0.3) is 5.91 Å². The Morgan fingerprint density at radius 3 is 2.58 bits per heavy atom. The molecule has 0 heterocycles. The molecule has 0 saturated heterocycles. The molecule has 19 heavy (non-hydrogen) atoms. The van der Waals surface area contributed by atoms with E-state index in [0.717, 1.165) is 12.8 Å². The van der Waals surface area contributed by atoms with Gasteiger partial charge in [0.15, 0.2) is 0 Å². The molecule has 1 saturated carbocycles. The molecule has 1 N–H and O–H groups in total. The van der Waals surface area contributed by atoms with Crippen molar-refractivity contribution in [3.8, 4) is 0 Å². The van der Waals surface area contributed by atoms with Gasteiger partial charge in [0.2, 0.25) is 5.82 Å². The SMILES string of the molecule is O=C(NC1(CBr)CC1)c1cc(F)cc([N+](=O)[O-])c1F. The van der Waals surface area contributed by atoms with E-state index in [-0.39, 0.29) is 0 Å². The number of nitrogens with one attached hydrogen (secondary N) is 1. The number of hydrogen-bond donors (Lipinski definition) is 1. The molecule has 1 aliphatic carbocycles. The molecule has 0 aromatic heterocycles. The first kappa shape index (κ1) is 13.9. The van der Waals surface area contributed by atoms with Gasteiger partial charge in [-0.3, -0.25) is 14.9 Å². The largest absolute Gasteiger partial charge is 0.346 e. The Morgan fingerprint density at radius 2 is 2.11 bits per heavy atom. The Kier molecular flexibility index (Phi) is 3.53. The molecule has 8 heteroatoms. The van der Waals surface area contributed by atoms with Gasteiger partial charge in [0, 0.05) is 5.33 Å². The summed E-state index contributed by atoms with van der Waals surface area (Å²) in [5.41, 5.74) is -2.15. The van der Waals surface area contributed by atoms with Gasteiger partial charge in [-0.25, -0.2) is 4.39 Å². The highest BCUT2D eigenvalue weighted by atomic mass is 79.9. The molecule has 1 aromatic carbocycles. The number of nitrogens with zero attached hydrogens (tertiary/aromatic N) is 1. The number of carbonyl (C=O) groups is 1. The molecule has 0 bridgehead atoms. The smallest absolute Gasteiger partial charge is 0.308 e. The molecule has 0 radical (unpaired) electrons. The lowest BCUT2D eigenvalue weighted by atomic mass is 10.1. The van der Waals surface area contributed by atoms with E-state index in [2.05, 4.69) is 21.2 Å². The van der Waals surface area contributed by atoms with Gasteiger partial charge in [-0.15, -0.1) is 0 Å². The van der Waals surface area contributed by atoms with Crippen LogP contribution in [0, 0.1) is 21.7 Å². The number of amides is 1. The number of nitro benzene ring substituents is 1. The van der Waals surface area contributed by atoms with Crippen LogP contribution >= 0.6 is 15.9 Å². The predicted molar refractivity (Wildman–Crippen MR) is 66.2 cm³/mol. The summed E-state index contributed by atoms with van der Waals surface area (Å²) in [5.74, 6) is -3.20. The van der Waals surface area contributed by atoms with Gasteiger partial charge in [0.05, 0.1) is 22.1 Å². The summed E-state index contributed by atoms with van der Waals surface area (Å²) in [7, 11) is 0. The van der Waals surface area contributed by atoms with Crippen molar-refractivity contribution in [2.45, 2.75) is 18.4 Å². The first-order chi connectivity index (χ1) is 8.88. The first-order valence-corrected chi connectivity index (χ1v) is 6.52. The summed E-state index contributed by atoms with van der Waals surface area (Å²) < 4.78 is 27.0. The Hall–Kier alpha value is -1.57. The van der Waals surface area contributed by atoms with Crippen molar-refractivity contribution in [2.75, 3.05) is 5.33 Å². The Bertz CT molecular complexity index is 561. The Morgan fingerprint density at radius 1 is 1.47 bits per heavy atom. The van der Waals surface area contributed by atoms with Gasteiger partial charge in [0.1, 0.15) is 5.82 Å². The van der Waals surface area contributed by atoms with E-state index in [0.29, 0.717) is 17.5 Å². The molecule has 0 atom stereocenters. The minimum Gasteiger partial charge on any atom is -0.346 e. The van der Waals surface area contributed by atoms with E-state index >= 15 is 0 Å². The quantitative estimate of drug-likeness (QED) is 0.522. The summed E-state index contributed by atoms with van der Waals surface area (Å²) in [6.45, 7) is 0. The maximum absolute atomic E-state index is 13.8. The molecule has 2 rings (SSSR count). The lowest BCUT2D eigenvalue weighted by Crippen LogP contribution is -2.38. The molecule has 0 unspecified atom stereocenters. The first-order valence-electron chi connectivity index (χ1n) is 5.40. The zero-order valence-corrected chi connectivity index (χ0v) is 11.2. The van der Waals surface area contributed by atoms with Gasteiger partial charge in [-0.2, -0.15) is 4.39 Å². The summed E-state index contributed by atoms with van der Waals surface area (Å²) in [6, 6.07) is 1.10. The minimum absolute atomic E-state index is 0.448. The average molecular weight is 335 g/mol. The van der Waals surface area contributed by atoms with Crippen LogP contribution in [-0.2, 0) is 0 Å². The maximum Gasteiger partial charge on any atom is 0.308 e. The third-order valence-corrected chi connectivity index (χ3v) is 4.02. The summed E-state index contributed by atoms with van der Waals surface area (Å²) in [4.78, 5) is 21.3. The molecule has 0 aliphatic heterocycles. The van der Waals surface area contributed by atoms with Gasteiger partial charge in [-0.05, 0) is 18.9 Å². The molecule has 0 spiro atoms. The lowest BCUT2D eigenvalue weighted by Gasteiger charge is -2.14. The topological polar surface area (TPSA) is 72.2 Å². The number of carbonyl (C=O) groups excluding carboxylic acids is 1. The second kappa shape index (κ2) is 4.84. The Labute approximate surface area is 115 Å². The molecule has 1 aliphatic rings. The van der Waals surface area contributed by atoms with E-state index < -0.39 is 39.3 Å². The highest BCUT2D eigenvalue weighted by molar-refractivity contribution is 9.09. The summed E-state index contributed by atoms with van der Waals surface area (Å²) >= 11 is 3.21.